The lowest BCUT2D eigenvalue weighted by Gasteiger charge is -2.44. The highest BCUT2D eigenvalue weighted by Gasteiger charge is 2.38. The summed E-state index contributed by atoms with van der Waals surface area (Å²) >= 11 is 2.12. The molecule has 1 aliphatic heterocycles. The molecule has 0 radical (unpaired) electrons. The predicted molar refractivity (Wildman–Crippen MR) is 77.4 cm³/mol. The second kappa shape index (κ2) is 4.78. The van der Waals surface area contributed by atoms with Gasteiger partial charge in [-0.2, -0.15) is 0 Å². The van der Waals surface area contributed by atoms with Gasteiger partial charge in [-0.25, -0.2) is 0 Å². The molecule has 2 atom stereocenters. The van der Waals surface area contributed by atoms with Gasteiger partial charge in [-0.3, -0.25) is 5.32 Å². The van der Waals surface area contributed by atoms with Crippen molar-refractivity contribution in [2.24, 2.45) is 0 Å². The van der Waals surface area contributed by atoms with Crippen molar-refractivity contribution < 1.29 is 4.74 Å². The monoisotopic (exact) mass is 263 g/mol. The minimum atomic E-state index is 0.275. The van der Waals surface area contributed by atoms with Gasteiger partial charge in [0.2, 0.25) is 0 Å². The van der Waals surface area contributed by atoms with Crippen LogP contribution in [0.25, 0.3) is 0 Å². The first kappa shape index (κ1) is 12.4. The summed E-state index contributed by atoms with van der Waals surface area (Å²) in [4.78, 5) is 0.275. The van der Waals surface area contributed by atoms with Crippen LogP contribution in [0.1, 0.15) is 30.9 Å². The standard InChI is InChI=1S/C15H21NOS/c1-11-6-8-18-15(16-11)7-5-12-3-4-14(17-2)9-13(12)10-15/h3-4,9,11,16H,5-8,10H2,1-2H3. The Bertz CT molecular complexity index is 448. The second-order valence-electron chi connectivity index (χ2n) is 5.49. The van der Waals surface area contributed by atoms with Crippen LogP contribution in [-0.4, -0.2) is 23.8 Å². The Morgan fingerprint density at radius 3 is 3.06 bits per heavy atom. The van der Waals surface area contributed by atoms with Crippen molar-refractivity contribution in [2.45, 2.75) is 43.5 Å². The summed E-state index contributed by atoms with van der Waals surface area (Å²) in [5.74, 6) is 2.27. The van der Waals surface area contributed by atoms with Crippen LogP contribution in [0, 0.1) is 0 Å². The second-order valence-corrected chi connectivity index (χ2v) is 6.97. The van der Waals surface area contributed by atoms with Crippen LogP contribution in [0.15, 0.2) is 18.2 Å². The van der Waals surface area contributed by atoms with Gasteiger partial charge in [0.15, 0.2) is 0 Å². The molecule has 2 aliphatic rings. The van der Waals surface area contributed by atoms with Gasteiger partial charge in [0.1, 0.15) is 5.75 Å². The van der Waals surface area contributed by atoms with Crippen molar-refractivity contribution in [1.82, 2.24) is 5.32 Å². The maximum Gasteiger partial charge on any atom is 0.119 e. The van der Waals surface area contributed by atoms with E-state index in [9.17, 15) is 0 Å². The van der Waals surface area contributed by atoms with Crippen LogP contribution >= 0.6 is 11.8 Å². The van der Waals surface area contributed by atoms with Crippen LogP contribution in [0.3, 0.4) is 0 Å². The number of benzene rings is 1. The summed E-state index contributed by atoms with van der Waals surface area (Å²) in [6, 6.07) is 7.19. The van der Waals surface area contributed by atoms with E-state index in [1.54, 1.807) is 7.11 Å². The lowest BCUT2D eigenvalue weighted by molar-refractivity contribution is 0.351. The topological polar surface area (TPSA) is 21.3 Å². The number of hydrogen-bond donors (Lipinski definition) is 1. The molecule has 1 aliphatic carbocycles. The van der Waals surface area contributed by atoms with Crippen LogP contribution in [0.2, 0.25) is 0 Å². The van der Waals surface area contributed by atoms with E-state index in [-0.39, 0.29) is 4.87 Å². The molecule has 3 rings (SSSR count). The zero-order valence-electron chi connectivity index (χ0n) is 11.2. The highest BCUT2D eigenvalue weighted by Crippen LogP contribution is 2.41. The smallest absolute Gasteiger partial charge is 0.119 e. The molecule has 1 fully saturated rings. The summed E-state index contributed by atoms with van der Waals surface area (Å²) in [5.41, 5.74) is 2.97. The Morgan fingerprint density at radius 2 is 2.28 bits per heavy atom. The van der Waals surface area contributed by atoms with Crippen molar-refractivity contribution in [1.29, 1.82) is 0 Å². The van der Waals surface area contributed by atoms with E-state index in [2.05, 4.69) is 42.2 Å². The highest BCUT2D eigenvalue weighted by atomic mass is 32.2. The summed E-state index contributed by atoms with van der Waals surface area (Å²) in [7, 11) is 1.75. The predicted octanol–water partition coefficient (Wildman–Crippen LogP) is 3.00. The zero-order chi connectivity index (χ0) is 12.6. The van der Waals surface area contributed by atoms with Gasteiger partial charge >= 0.3 is 0 Å². The van der Waals surface area contributed by atoms with E-state index >= 15 is 0 Å². The molecule has 98 valence electrons. The molecule has 2 nitrogen and oxygen atoms in total. The number of methoxy groups -OCH3 is 1. The first-order chi connectivity index (χ1) is 8.71. The van der Waals surface area contributed by atoms with Crippen molar-refractivity contribution in [3.63, 3.8) is 0 Å². The van der Waals surface area contributed by atoms with E-state index in [1.165, 1.54) is 36.1 Å². The number of thioether (sulfide) groups is 1. The number of hydrogen-bond acceptors (Lipinski definition) is 3. The zero-order valence-corrected chi connectivity index (χ0v) is 12.0. The maximum atomic E-state index is 5.35. The molecular weight excluding hydrogens is 242 g/mol. The Hall–Kier alpha value is -0.670. The van der Waals surface area contributed by atoms with Crippen molar-refractivity contribution in [3.8, 4) is 5.75 Å². The van der Waals surface area contributed by atoms with Gasteiger partial charge in [0.05, 0.1) is 12.0 Å². The minimum Gasteiger partial charge on any atom is -0.497 e. The van der Waals surface area contributed by atoms with Crippen molar-refractivity contribution in [3.05, 3.63) is 29.3 Å². The third kappa shape index (κ3) is 2.26. The molecule has 0 saturated carbocycles. The maximum absolute atomic E-state index is 5.35. The number of rotatable bonds is 1. The van der Waals surface area contributed by atoms with Crippen LogP contribution in [0.5, 0.6) is 5.75 Å². The fourth-order valence-corrected chi connectivity index (χ4v) is 4.76. The lowest BCUT2D eigenvalue weighted by Crippen LogP contribution is -2.53. The van der Waals surface area contributed by atoms with Crippen LogP contribution in [-0.2, 0) is 12.8 Å². The molecule has 1 N–H and O–H groups in total. The summed E-state index contributed by atoms with van der Waals surface area (Å²) in [6.07, 6.45) is 4.86. The van der Waals surface area contributed by atoms with Gasteiger partial charge < -0.3 is 4.74 Å². The molecule has 0 bridgehead atoms. The fraction of sp³-hybridized carbons (Fsp3) is 0.600. The van der Waals surface area contributed by atoms with Gasteiger partial charge in [0, 0.05) is 12.5 Å². The number of aryl methyl sites for hydroxylation is 1. The normalized spacial score (nSPS) is 31.1. The third-order valence-electron chi connectivity index (χ3n) is 4.13. The molecule has 3 heteroatoms. The molecule has 1 spiro atoms. The van der Waals surface area contributed by atoms with Gasteiger partial charge in [-0.15, -0.1) is 11.8 Å². The van der Waals surface area contributed by atoms with Crippen LogP contribution in [0.4, 0.5) is 0 Å². The average molecular weight is 263 g/mol. The third-order valence-corrected chi connectivity index (χ3v) is 5.59. The molecule has 0 amide bonds. The number of ether oxygens (including phenoxy) is 1. The lowest BCUT2D eigenvalue weighted by atomic mass is 9.87. The molecular formula is C15H21NOS. The Balaban J connectivity index is 1.87. The first-order valence-corrected chi connectivity index (χ1v) is 7.77. The number of fused-ring (bicyclic) bond motifs is 1. The van der Waals surface area contributed by atoms with Gasteiger partial charge in [-0.05, 0) is 55.2 Å². The van der Waals surface area contributed by atoms with Crippen molar-refractivity contribution >= 4 is 11.8 Å². The van der Waals surface area contributed by atoms with E-state index in [1.807, 2.05) is 0 Å². The first-order valence-electron chi connectivity index (χ1n) is 6.78. The largest absolute Gasteiger partial charge is 0.497 e. The Morgan fingerprint density at radius 1 is 1.39 bits per heavy atom. The summed E-state index contributed by atoms with van der Waals surface area (Å²) in [6.45, 7) is 2.31. The Kier molecular flexibility index (Phi) is 3.29. The van der Waals surface area contributed by atoms with E-state index in [0.717, 1.165) is 12.2 Å². The molecule has 1 aromatic carbocycles. The minimum absolute atomic E-state index is 0.275. The highest BCUT2D eigenvalue weighted by molar-refractivity contribution is 8.00. The van der Waals surface area contributed by atoms with Crippen LogP contribution < -0.4 is 10.1 Å². The average Bonchev–Trinajstić information content (AvgIpc) is 2.37. The molecule has 0 aromatic heterocycles. The van der Waals surface area contributed by atoms with E-state index in [4.69, 9.17) is 4.74 Å². The summed E-state index contributed by atoms with van der Waals surface area (Å²) < 4.78 is 5.35. The van der Waals surface area contributed by atoms with Gasteiger partial charge in [-0.1, -0.05) is 6.07 Å². The summed E-state index contributed by atoms with van der Waals surface area (Å²) in [5, 5.41) is 3.83. The molecule has 1 aromatic rings. The number of nitrogens with one attached hydrogen (secondary N) is 1. The molecule has 1 saturated heterocycles. The van der Waals surface area contributed by atoms with E-state index < -0.39 is 0 Å². The van der Waals surface area contributed by atoms with Crippen molar-refractivity contribution in [2.75, 3.05) is 12.9 Å². The van der Waals surface area contributed by atoms with E-state index in [0.29, 0.717) is 6.04 Å². The molecule has 2 unspecified atom stereocenters. The SMILES string of the molecule is COc1ccc2c(c1)CC1(CC2)NC(C)CCS1. The van der Waals surface area contributed by atoms with Gasteiger partial charge in [0.25, 0.3) is 0 Å². The Labute approximate surface area is 113 Å². The molecule has 18 heavy (non-hydrogen) atoms. The molecule has 1 heterocycles. The fourth-order valence-electron chi connectivity index (χ4n) is 3.11. The quantitative estimate of drug-likeness (QED) is 0.841.